The third-order valence-electron chi connectivity index (χ3n) is 5.63. The summed E-state index contributed by atoms with van der Waals surface area (Å²) < 4.78 is 68.8. The molecule has 0 bridgehead atoms. The summed E-state index contributed by atoms with van der Waals surface area (Å²) in [4.78, 5) is 12.4. The topological polar surface area (TPSA) is 54.5 Å². The van der Waals surface area contributed by atoms with Gasteiger partial charge in [0.05, 0.1) is 21.2 Å². The van der Waals surface area contributed by atoms with E-state index in [1.165, 1.54) is 12.1 Å². The van der Waals surface area contributed by atoms with E-state index in [0.717, 1.165) is 22.0 Å². The Hall–Kier alpha value is -2.84. The minimum Gasteiger partial charge on any atom is -0.294 e. The molecule has 0 aromatic heterocycles. The SMILES string of the molecule is Cc1ccc(F)c(C(=O)Cc2ccc3c(c2)N(S(=O)(=O)c2ccc(F)c(F)c2)CCC3)c1Cl. The first-order chi connectivity index (χ1) is 15.6. The van der Waals surface area contributed by atoms with Crippen molar-refractivity contribution in [3.05, 3.63) is 93.3 Å². The van der Waals surface area contributed by atoms with E-state index in [9.17, 15) is 26.4 Å². The number of carbonyl (C=O) groups is 1. The molecule has 0 amide bonds. The van der Waals surface area contributed by atoms with E-state index in [4.69, 9.17) is 11.6 Å². The van der Waals surface area contributed by atoms with Crippen LogP contribution in [0.3, 0.4) is 0 Å². The number of anilines is 1. The second kappa shape index (κ2) is 8.83. The summed E-state index contributed by atoms with van der Waals surface area (Å²) in [5, 5.41) is 0.0421. The van der Waals surface area contributed by atoms with Crippen LogP contribution in [-0.2, 0) is 22.9 Å². The molecule has 0 saturated carbocycles. The molecule has 4 nitrogen and oxygen atoms in total. The Morgan fingerprint density at radius 2 is 1.73 bits per heavy atom. The monoisotopic (exact) mass is 493 g/mol. The summed E-state index contributed by atoms with van der Waals surface area (Å²) in [6.45, 7) is 1.81. The van der Waals surface area contributed by atoms with Crippen LogP contribution in [-0.4, -0.2) is 20.7 Å². The van der Waals surface area contributed by atoms with Crippen molar-refractivity contribution >= 4 is 33.1 Å². The number of hydrogen-bond acceptors (Lipinski definition) is 3. The van der Waals surface area contributed by atoms with Gasteiger partial charge in [-0.25, -0.2) is 21.6 Å². The van der Waals surface area contributed by atoms with Gasteiger partial charge in [0.25, 0.3) is 10.0 Å². The van der Waals surface area contributed by atoms with Crippen molar-refractivity contribution in [1.82, 2.24) is 0 Å². The van der Waals surface area contributed by atoms with Gasteiger partial charge in [-0.05, 0) is 66.8 Å². The molecule has 172 valence electrons. The summed E-state index contributed by atoms with van der Waals surface area (Å²) in [7, 11) is -4.17. The molecule has 0 atom stereocenters. The molecule has 1 aliphatic heterocycles. The summed E-state index contributed by atoms with van der Waals surface area (Å²) in [6, 6.07) is 10.1. The van der Waals surface area contributed by atoms with Crippen molar-refractivity contribution in [1.29, 1.82) is 0 Å². The highest BCUT2D eigenvalue weighted by Gasteiger charge is 2.30. The number of Topliss-reactive ketones (excluding diaryl/α,β-unsaturated/α-hetero) is 1. The van der Waals surface area contributed by atoms with Gasteiger partial charge in [-0.15, -0.1) is 0 Å². The fourth-order valence-electron chi connectivity index (χ4n) is 3.90. The zero-order chi connectivity index (χ0) is 23.9. The van der Waals surface area contributed by atoms with Crippen LogP contribution in [0.2, 0.25) is 5.02 Å². The largest absolute Gasteiger partial charge is 0.294 e. The Kier molecular flexibility index (Phi) is 6.24. The normalized spacial score (nSPS) is 13.7. The lowest BCUT2D eigenvalue weighted by Crippen LogP contribution is -2.35. The van der Waals surface area contributed by atoms with Gasteiger partial charge in [0.15, 0.2) is 17.4 Å². The number of aryl methyl sites for hydroxylation is 2. The average molecular weight is 494 g/mol. The number of carbonyl (C=O) groups excluding carboxylic acids is 1. The van der Waals surface area contributed by atoms with E-state index in [2.05, 4.69) is 0 Å². The van der Waals surface area contributed by atoms with E-state index in [0.29, 0.717) is 35.7 Å². The van der Waals surface area contributed by atoms with E-state index in [1.54, 1.807) is 25.1 Å². The minimum absolute atomic E-state index is 0.0421. The lowest BCUT2D eigenvalue weighted by molar-refractivity contribution is 0.0989. The van der Waals surface area contributed by atoms with Crippen molar-refractivity contribution in [2.45, 2.75) is 31.1 Å². The van der Waals surface area contributed by atoms with Crippen LogP contribution < -0.4 is 4.31 Å². The molecule has 33 heavy (non-hydrogen) atoms. The molecule has 0 radical (unpaired) electrons. The third-order valence-corrected chi connectivity index (χ3v) is 7.93. The van der Waals surface area contributed by atoms with Crippen molar-refractivity contribution in [2.24, 2.45) is 0 Å². The van der Waals surface area contributed by atoms with Gasteiger partial charge in [0.2, 0.25) is 0 Å². The van der Waals surface area contributed by atoms with Gasteiger partial charge in [-0.2, -0.15) is 0 Å². The first kappa shape index (κ1) is 23.3. The van der Waals surface area contributed by atoms with E-state index in [1.807, 2.05) is 0 Å². The first-order valence-electron chi connectivity index (χ1n) is 10.2. The Morgan fingerprint density at radius 3 is 2.45 bits per heavy atom. The maximum Gasteiger partial charge on any atom is 0.264 e. The predicted molar refractivity (Wildman–Crippen MR) is 120 cm³/mol. The Balaban J connectivity index is 1.70. The van der Waals surface area contributed by atoms with Crippen molar-refractivity contribution in [2.75, 3.05) is 10.8 Å². The molecule has 1 aliphatic rings. The molecule has 1 heterocycles. The van der Waals surface area contributed by atoms with Crippen LogP contribution in [0.4, 0.5) is 18.9 Å². The number of sulfonamides is 1. The number of rotatable bonds is 5. The molecule has 3 aromatic carbocycles. The van der Waals surface area contributed by atoms with E-state index < -0.39 is 33.3 Å². The van der Waals surface area contributed by atoms with E-state index >= 15 is 0 Å². The molecule has 9 heteroatoms. The van der Waals surface area contributed by atoms with Crippen LogP contribution in [0.15, 0.2) is 53.4 Å². The summed E-state index contributed by atoms with van der Waals surface area (Å²) in [6.07, 6.45) is 0.969. The minimum atomic E-state index is -4.17. The van der Waals surface area contributed by atoms with Gasteiger partial charge >= 0.3 is 0 Å². The fraction of sp³-hybridized carbons (Fsp3) is 0.208. The molecule has 4 rings (SSSR count). The fourth-order valence-corrected chi connectivity index (χ4v) is 5.70. The summed E-state index contributed by atoms with van der Waals surface area (Å²) in [5.41, 5.74) is 1.93. The highest BCUT2D eigenvalue weighted by Crippen LogP contribution is 2.34. The van der Waals surface area contributed by atoms with Gasteiger partial charge in [-0.1, -0.05) is 29.8 Å². The average Bonchev–Trinajstić information content (AvgIpc) is 2.77. The third kappa shape index (κ3) is 4.37. The van der Waals surface area contributed by atoms with Crippen LogP contribution in [0.5, 0.6) is 0 Å². The van der Waals surface area contributed by atoms with Gasteiger partial charge < -0.3 is 0 Å². The van der Waals surface area contributed by atoms with Crippen LogP contribution in [0, 0.1) is 24.4 Å². The molecule has 0 fully saturated rings. The van der Waals surface area contributed by atoms with Crippen molar-refractivity contribution < 1.29 is 26.4 Å². The zero-order valence-electron chi connectivity index (χ0n) is 17.5. The first-order valence-corrected chi connectivity index (χ1v) is 12.0. The number of nitrogens with zero attached hydrogens (tertiary/aromatic N) is 1. The Bertz CT molecular complexity index is 1380. The maximum absolute atomic E-state index is 14.3. The van der Waals surface area contributed by atoms with Crippen LogP contribution >= 0.6 is 11.6 Å². The standard InChI is InChI=1S/C24H19ClF3NO3S/c1-14-4-8-19(27)23(24(14)25)22(30)12-15-5-6-16-3-2-10-29(21(16)11-15)33(31,32)17-7-9-18(26)20(28)13-17/h4-9,11,13H,2-3,10,12H2,1H3. The molecule has 0 aliphatic carbocycles. The van der Waals surface area contributed by atoms with Crippen LogP contribution in [0.25, 0.3) is 0 Å². The highest BCUT2D eigenvalue weighted by molar-refractivity contribution is 7.92. The van der Waals surface area contributed by atoms with Crippen molar-refractivity contribution in [3.8, 4) is 0 Å². The lowest BCUT2D eigenvalue weighted by atomic mass is 9.97. The number of halogens is 4. The van der Waals surface area contributed by atoms with Crippen molar-refractivity contribution in [3.63, 3.8) is 0 Å². The number of hydrogen-bond donors (Lipinski definition) is 0. The van der Waals surface area contributed by atoms with Gasteiger partial charge in [0, 0.05) is 13.0 Å². The quantitative estimate of drug-likeness (QED) is 0.433. The molecule has 0 N–H and O–H groups in total. The summed E-state index contributed by atoms with van der Waals surface area (Å²) >= 11 is 6.14. The van der Waals surface area contributed by atoms with Gasteiger partial charge in [-0.3, -0.25) is 9.10 Å². The van der Waals surface area contributed by atoms with Crippen LogP contribution in [0.1, 0.15) is 33.5 Å². The maximum atomic E-state index is 14.3. The zero-order valence-corrected chi connectivity index (χ0v) is 19.1. The molecule has 0 saturated heterocycles. The second-order valence-corrected chi connectivity index (χ2v) is 10.1. The molecule has 3 aromatic rings. The lowest BCUT2D eigenvalue weighted by Gasteiger charge is -2.31. The molecular weight excluding hydrogens is 475 g/mol. The Morgan fingerprint density at radius 1 is 1.00 bits per heavy atom. The van der Waals surface area contributed by atoms with Gasteiger partial charge in [0.1, 0.15) is 5.82 Å². The molecule has 0 unspecified atom stereocenters. The highest BCUT2D eigenvalue weighted by atomic mass is 35.5. The smallest absolute Gasteiger partial charge is 0.264 e. The van der Waals surface area contributed by atoms with E-state index in [-0.39, 0.29) is 28.4 Å². The molecule has 0 spiro atoms. The predicted octanol–water partition coefficient (Wildman–Crippen LogP) is 5.63. The second-order valence-electron chi connectivity index (χ2n) is 7.87. The number of benzene rings is 3. The molecular formula is C24H19ClF3NO3S. The summed E-state index contributed by atoms with van der Waals surface area (Å²) in [5.74, 6) is -3.66. The Labute approximate surface area is 194 Å². The number of ketones is 1. The number of fused-ring (bicyclic) bond motifs is 1.